The number of carbonyl (C=O) groups is 1. The first-order valence-corrected chi connectivity index (χ1v) is 10.7. The van der Waals surface area contributed by atoms with Crippen molar-refractivity contribution in [3.8, 4) is 0 Å². The minimum atomic E-state index is -0.0210. The van der Waals surface area contributed by atoms with E-state index in [2.05, 4.69) is 26.2 Å². The zero-order valence-electron chi connectivity index (χ0n) is 15.1. The second-order valence-electron chi connectivity index (χ2n) is 8.06. The molecule has 0 spiro atoms. The Bertz CT molecular complexity index is 801. The molecule has 2 bridgehead atoms. The van der Waals surface area contributed by atoms with Gasteiger partial charge in [0.1, 0.15) is 5.69 Å². The largest absolute Gasteiger partial charge is 0.363 e. The lowest BCUT2D eigenvalue weighted by Gasteiger charge is -2.30. The average molecular weight is 371 g/mol. The SMILES string of the molecule is O=C(N[C@@H]1C[C@H]2CCN(C2)C1)c1cc2sc(N3CCCCC3)cc2cn1. The van der Waals surface area contributed by atoms with Crippen molar-refractivity contribution in [2.45, 2.75) is 38.1 Å². The Hall–Kier alpha value is -1.66. The molecule has 3 atom stereocenters. The van der Waals surface area contributed by atoms with Crippen LogP contribution in [0.15, 0.2) is 18.3 Å². The van der Waals surface area contributed by atoms with Gasteiger partial charge in [-0.3, -0.25) is 9.78 Å². The number of hydrogen-bond acceptors (Lipinski definition) is 5. The molecule has 26 heavy (non-hydrogen) atoms. The maximum Gasteiger partial charge on any atom is 0.270 e. The lowest BCUT2D eigenvalue weighted by molar-refractivity contribution is 0.0904. The number of rotatable bonds is 3. The molecular weight excluding hydrogens is 344 g/mol. The first-order chi connectivity index (χ1) is 12.7. The summed E-state index contributed by atoms with van der Waals surface area (Å²) in [6.45, 7) is 5.68. The standard InChI is InChI=1S/C20H26N4OS/c25-20(22-16-8-14-4-7-23(12-14)13-16)17-10-18-15(11-21-17)9-19(26-18)24-5-2-1-3-6-24/h9-11,14,16H,1-8,12-13H2,(H,22,25)/t14-,16-/m1/s1. The third-order valence-electron chi connectivity index (χ3n) is 6.09. The predicted octanol–water partition coefficient (Wildman–Crippen LogP) is 3.11. The van der Waals surface area contributed by atoms with Gasteiger partial charge in [0.15, 0.2) is 0 Å². The summed E-state index contributed by atoms with van der Waals surface area (Å²) in [5.41, 5.74) is 0.553. The molecule has 0 saturated carbocycles. The summed E-state index contributed by atoms with van der Waals surface area (Å²) in [6, 6.07) is 4.47. The molecular formula is C20H26N4OS. The number of nitrogens with one attached hydrogen (secondary N) is 1. The molecule has 2 aromatic heterocycles. The van der Waals surface area contributed by atoms with Crippen molar-refractivity contribution in [1.82, 2.24) is 15.2 Å². The summed E-state index contributed by atoms with van der Waals surface area (Å²) in [4.78, 5) is 22.1. The molecule has 1 amide bonds. The van der Waals surface area contributed by atoms with Gasteiger partial charge in [-0.25, -0.2) is 0 Å². The lowest BCUT2D eigenvalue weighted by Crippen LogP contribution is -2.47. The zero-order valence-corrected chi connectivity index (χ0v) is 15.9. The molecule has 0 aliphatic carbocycles. The van der Waals surface area contributed by atoms with E-state index < -0.39 is 0 Å². The van der Waals surface area contributed by atoms with Crippen LogP contribution in [0.4, 0.5) is 5.00 Å². The maximum atomic E-state index is 12.7. The fourth-order valence-electron chi connectivity index (χ4n) is 4.74. The van der Waals surface area contributed by atoms with Gasteiger partial charge in [0.05, 0.1) is 5.00 Å². The summed E-state index contributed by atoms with van der Waals surface area (Å²) < 4.78 is 1.16. The third-order valence-corrected chi connectivity index (χ3v) is 7.25. The Kier molecular flexibility index (Phi) is 4.33. The zero-order chi connectivity index (χ0) is 17.5. The van der Waals surface area contributed by atoms with Crippen LogP contribution in [0.2, 0.25) is 0 Å². The van der Waals surface area contributed by atoms with Gasteiger partial charge in [-0.2, -0.15) is 0 Å². The van der Waals surface area contributed by atoms with E-state index in [-0.39, 0.29) is 11.9 Å². The van der Waals surface area contributed by atoms with E-state index in [1.807, 2.05) is 12.3 Å². The number of hydrogen-bond donors (Lipinski definition) is 1. The molecule has 0 radical (unpaired) electrons. The van der Waals surface area contributed by atoms with Gasteiger partial charge in [-0.15, -0.1) is 11.3 Å². The highest BCUT2D eigenvalue weighted by atomic mass is 32.1. The van der Waals surface area contributed by atoms with Gasteiger partial charge in [-0.05, 0) is 56.7 Å². The molecule has 1 N–H and O–H groups in total. The van der Waals surface area contributed by atoms with Crippen molar-refractivity contribution >= 4 is 32.3 Å². The van der Waals surface area contributed by atoms with Crippen LogP contribution in [-0.2, 0) is 0 Å². The van der Waals surface area contributed by atoms with E-state index >= 15 is 0 Å². The topological polar surface area (TPSA) is 48.5 Å². The van der Waals surface area contributed by atoms with Crippen LogP contribution < -0.4 is 10.2 Å². The molecule has 5 rings (SSSR count). The molecule has 3 aliphatic heterocycles. The molecule has 0 aromatic carbocycles. The normalized spacial score (nSPS) is 28.5. The first-order valence-electron chi connectivity index (χ1n) is 9.92. The average Bonchev–Trinajstić information content (AvgIpc) is 3.24. The summed E-state index contributed by atoms with van der Waals surface area (Å²) in [5.74, 6) is 0.737. The van der Waals surface area contributed by atoms with Crippen LogP contribution in [0.3, 0.4) is 0 Å². The van der Waals surface area contributed by atoms with Gasteiger partial charge in [-0.1, -0.05) is 0 Å². The van der Waals surface area contributed by atoms with Crippen LogP contribution in [0.1, 0.15) is 42.6 Å². The number of thiophene rings is 1. The fraction of sp³-hybridized carbons (Fsp3) is 0.600. The molecule has 5 heterocycles. The minimum absolute atomic E-state index is 0.0210. The molecule has 1 unspecified atom stereocenters. The van der Waals surface area contributed by atoms with Crippen LogP contribution >= 0.6 is 11.3 Å². The number of piperidine rings is 2. The van der Waals surface area contributed by atoms with Crippen LogP contribution in [0.5, 0.6) is 0 Å². The van der Waals surface area contributed by atoms with Crippen LogP contribution in [-0.4, -0.2) is 54.6 Å². The molecule has 5 nitrogen and oxygen atoms in total. The maximum absolute atomic E-state index is 12.7. The highest BCUT2D eigenvalue weighted by molar-refractivity contribution is 7.22. The molecule has 3 fully saturated rings. The Balaban J connectivity index is 1.31. The molecule has 3 aliphatic rings. The highest BCUT2D eigenvalue weighted by Gasteiger charge is 2.33. The number of carbonyl (C=O) groups excluding carboxylic acids is 1. The van der Waals surface area contributed by atoms with Gasteiger partial charge in [0.2, 0.25) is 0 Å². The number of fused-ring (bicyclic) bond motifs is 3. The van der Waals surface area contributed by atoms with Gasteiger partial charge < -0.3 is 15.1 Å². The summed E-state index contributed by atoms with van der Waals surface area (Å²) >= 11 is 1.79. The second-order valence-corrected chi connectivity index (χ2v) is 9.12. The van der Waals surface area contributed by atoms with Crippen molar-refractivity contribution in [2.24, 2.45) is 5.92 Å². The summed E-state index contributed by atoms with van der Waals surface area (Å²) in [6.07, 6.45) is 8.15. The fourth-order valence-corrected chi connectivity index (χ4v) is 5.86. The van der Waals surface area contributed by atoms with Crippen molar-refractivity contribution < 1.29 is 4.79 Å². The van der Waals surface area contributed by atoms with Gasteiger partial charge in [0.25, 0.3) is 5.91 Å². The van der Waals surface area contributed by atoms with Crippen molar-refractivity contribution in [2.75, 3.05) is 37.6 Å². The van der Waals surface area contributed by atoms with E-state index in [0.717, 1.165) is 42.1 Å². The van der Waals surface area contributed by atoms with Crippen LogP contribution in [0, 0.1) is 5.92 Å². The van der Waals surface area contributed by atoms with Crippen molar-refractivity contribution in [1.29, 1.82) is 0 Å². The Morgan fingerprint density at radius 3 is 2.88 bits per heavy atom. The van der Waals surface area contributed by atoms with E-state index in [1.165, 1.54) is 43.8 Å². The molecule has 138 valence electrons. The van der Waals surface area contributed by atoms with Crippen LogP contribution in [0.25, 0.3) is 10.1 Å². The molecule has 2 aromatic rings. The number of pyridine rings is 1. The van der Waals surface area contributed by atoms with E-state index in [0.29, 0.717) is 5.69 Å². The number of aromatic nitrogens is 1. The number of nitrogens with zero attached hydrogens (tertiary/aromatic N) is 3. The monoisotopic (exact) mass is 370 g/mol. The quantitative estimate of drug-likeness (QED) is 0.902. The Morgan fingerprint density at radius 2 is 2.04 bits per heavy atom. The van der Waals surface area contributed by atoms with E-state index in [1.54, 1.807) is 11.3 Å². The summed E-state index contributed by atoms with van der Waals surface area (Å²) in [5, 5.41) is 5.68. The number of amides is 1. The lowest BCUT2D eigenvalue weighted by atomic mass is 9.97. The van der Waals surface area contributed by atoms with Crippen molar-refractivity contribution in [3.05, 3.63) is 24.0 Å². The predicted molar refractivity (Wildman–Crippen MR) is 106 cm³/mol. The van der Waals surface area contributed by atoms with Crippen molar-refractivity contribution in [3.63, 3.8) is 0 Å². The molecule has 6 heteroatoms. The smallest absolute Gasteiger partial charge is 0.270 e. The Morgan fingerprint density at radius 1 is 1.15 bits per heavy atom. The highest BCUT2D eigenvalue weighted by Crippen LogP contribution is 2.34. The van der Waals surface area contributed by atoms with E-state index in [9.17, 15) is 4.79 Å². The van der Waals surface area contributed by atoms with Gasteiger partial charge in [0, 0.05) is 48.5 Å². The van der Waals surface area contributed by atoms with Gasteiger partial charge >= 0.3 is 0 Å². The third kappa shape index (κ3) is 3.21. The minimum Gasteiger partial charge on any atom is -0.363 e. The second kappa shape index (κ2) is 6.82. The molecule has 3 saturated heterocycles. The first kappa shape index (κ1) is 16.5. The van der Waals surface area contributed by atoms with E-state index in [4.69, 9.17) is 0 Å². The Labute approximate surface area is 158 Å². The number of anilines is 1. The summed E-state index contributed by atoms with van der Waals surface area (Å²) in [7, 11) is 0.